The summed E-state index contributed by atoms with van der Waals surface area (Å²) in [4.78, 5) is 13.2. The number of carbonyl (C=O) groups excluding carboxylic acids is 1. The van der Waals surface area contributed by atoms with E-state index in [0.717, 1.165) is 44.9 Å². The van der Waals surface area contributed by atoms with Gasteiger partial charge in [0.1, 0.15) is 36.6 Å². The molecule has 11 nitrogen and oxygen atoms in total. The second-order valence-electron chi connectivity index (χ2n) is 23.9. The third-order valence-electron chi connectivity index (χ3n) is 16.3. The number of allylic oxidation sites excluding steroid dienone is 8. The summed E-state index contributed by atoms with van der Waals surface area (Å²) in [6, 6.07) is -1.20. The van der Waals surface area contributed by atoms with E-state index in [2.05, 4.69) is 67.8 Å². The molecule has 1 heterocycles. The molecule has 1 fully saturated rings. The van der Waals surface area contributed by atoms with Crippen LogP contribution in [-0.4, -0.2) is 110 Å². The zero-order valence-corrected chi connectivity index (χ0v) is 51.8. The lowest BCUT2D eigenvalue weighted by Gasteiger charge is -2.40. The molecule has 80 heavy (non-hydrogen) atoms. The van der Waals surface area contributed by atoms with Gasteiger partial charge in [0.15, 0.2) is 6.29 Å². The number of aliphatic hydroxyl groups excluding tert-OH is 7. The van der Waals surface area contributed by atoms with Gasteiger partial charge in [-0.15, -0.1) is 0 Å². The maximum atomic E-state index is 13.2. The second kappa shape index (κ2) is 57.5. The molecule has 11 heteroatoms. The maximum Gasteiger partial charge on any atom is 0.249 e. The molecule has 470 valence electrons. The summed E-state index contributed by atoms with van der Waals surface area (Å²) in [7, 11) is 0. The molecular weight excluding hydrogens is 1000 g/mol. The van der Waals surface area contributed by atoms with Crippen LogP contribution in [0.3, 0.4) is 0 Å². The zero-order valence-electron chi connectivity index (χ0n) is 51.8. The average Bonchev–Trinajstić information content (AvgIpc) is 3.47. The highest BCUT2D eigenvalue weighted by Gasteiger charge is 2.44. The van der Waals surface area contributed by atoms with Gasteiger partial charge < -0.3 is 50.5 Å². The lowest BCUT2D eigenvalue weighted by atomic mass is 9.98. The second-order valence-corrected chi connectivity index (χ2v) is 23.9. The van der Waals surface area contributed by atoms with E-state index in [4.69, 9.17) is 9.47 Å². The molecule has 0 aromatic heterocycles. The molecule has 9 atom stereocenters. The van der Waals surface area contributed by atoms with E-state index < -0.39 is 74.2 Å². The molecular formula is C69H129NO10. The van der Waals surface area contributed by atoms with Crippen molar-refractivity contribution in [2.45, 2.75) is 371 Å². The Bertz CT molecular complexity index is 1440. The van der Waals surface area contributed by atoms with Gasteiger partial charge in [0.05, 0.1) is 25.4 Å². The number of nitrogens with one attached hydrogen (secondary N) is 1. The van der Waals surface area contributed by atoms with Crippen molar-refractivity contribution in [1.29, 1.82) is 0 Å². The maximum absolute atomic E-state index is 13.2. The molecule has 0 bridgehead atoms. The topological polar surface area (TPSA) is 189 Å². The Morgan fingerprint density at radius 3 is 1.11 bits per heavy atom. The van der Waals surface area contributed by atoms with Gasteiger partial charge in [0.25, 0.3) is 0 Å². The Morgan fingerprint density at radius 2 is 0.750 bits per heavy atom. The van der Waals surface area contributed by atoms with Crippen LogP contribution >= 0.6 is 0 Å². The number of rotatable bonds is 59. The van der Waals surface area contributed by atoms with Crippen molar-refractivity contribution in [3.63, 3.8) is 0 Å². The Labute approximate surface area is 491 Å². The van der Waals surface area contributed by atoms with Crippen molar-refractivity contribution in [3.8, 4) is 0 Å². The first kappa shape index (κ1) is 76.1. The molecule has 1 amide bonds. The molecule has 1 aliphatic heterocycles. The van der Waals surface area contributed by atoms with Crippen LogP contribution in [0.4, 0.5) is 0 Å². The first-order valence-electron chi connectivity index (χ1n) is 34.0. The van der Waals surface area contributed by atoms with Gasteiger partial charge in [0.2, 0.25) is 5.91 Å². The Hall–Kier alpha value is -1.93. The van der Waals surface area contributed by atoms with Gasteiger partial charge in [-0.3, -0.25) is 4.79 Å². The third kappa shape index (κ3) is 44.6. The highest BCUT2D eigenvalue weighted by Crippen LogP contribution is 2.24. The minimum Gasteiger partial charge on any atom is -0.394 e. The Kier molecular flexibility index (Phi) is 54.7. The van der Waals surface area contributed by atoms with Gasteiger partial charge in [-0.25, -0.2) is 0 Å². The molecule has 0 aliphatic carbocycles. The van der Waals surface area contributed by atoms with Crippen molar-refractivity contribution >= 4 is 5.91 Å². The van der Waals surface area contributed by atoms with Crippen molar-refractivity contribution in [1.82, 2.24) is 5.32 Å². The molecule has 0 spiro atoms. The summed E-state index contributed by atoms with van der Waals surface area (Å²) >= 11 is 0. The normalized spacial score (nSPS) is 19.5. The summed E-state index contributed by atoms with van der Waals surface area (Å²) < 4.78 is 11.2. The van der Waals surface area contributed by atoms with Crippen LogP contribution in [-0.2, 0) is 14.3 Å². The number of carbonyl (C=O) groups is 1. The van der Waals surface area contributed by atoms with Gasteiger partial charge in [0, 0.05) is 0 Å². The van der Waals surface area contributed by atoms with Crippen molar-refractivity contribution < 1.29 is 50.0 Å². The molecule has 0 aromatic carbocycles. The number of ether oxygens (including phenoxy) is 2. The first-order valence-corrected chi connectivity index (χ1v) is 34.0. The van der Waals surface area contributed by atoms with E-state index in [1.54, 1.807) is 0 Å². The summed E-state index contributed by atoms with van der Waals surface area (Å²) in [5.74, 6) is -0.709. The van der Waals surface area contributed by atoms with Crippen LogP contribution in [0.1, 0.15) is 316 Å². The lowest BCUT2D eigenvalue weighted by Crippen LogP contribution is -2.60. The summed E-state index contributed by atoms with van der Waals surface area (Å²) in [5.41, 5.74) is 0. The monoisotopic (exact) mass is 1130 g/mol. The van der Waals surface area contributed by atoms with Gasteiger partial charge in [-0.2, -0.15) is 0 Å². The first-order chi connectivity index (χ1) is 39.2. The van der Waals surface area contributed by atoms with Crippen LogP contribution in [0.15, 0.2) is 48.6 Å². The van der Waals surface area contributed by atoms with Gasteiger partial charge >= 0.3 is 0 Å². The molecule has 1 rings (SSSR count). The van der Waals surface area contributed by atoms with E-state index in [9.17, 15) is 40.5 Å². The van der Waals surface area contributed by atoms with E-state index >= 15 is 0 Å². The molecule has 0 saturated carbocycles. The van der Waals surface area contributed by atoms with E-state index in [1.165, 1.54) is 225 Å². The molecule has 9 unspecified atom stereocenters. The highest BCUT2D eigenvalue weighted by molar-refractivity contribution is 5.80. The molecule has 0 radical (unpaired) electrons. The van der Waals surface area contributed by atoms with Crippen molar-refractivity contribution in [2.24, 2.45) is 0 Å². The van der Waals surface area contributed by atoms with Crippen LogP contribution in [0, 0.1) is 0 Å². The van der Waals surface area contributed by atoms with Crippen LogP contribution in [0.25, 0.3) is 0 Å². The number of aliphatic hydroxyl groups is 7. The fourth-order valence-electron chi connectivity index (χ4n) is 10.8. The summed E-state index contributed by atoms with van der Waals surface area (Å²) in [5, 5.41) is 76.4. The summed E-state index contributed by atoms with van der Waals surface area (Å²) in [6.07, 6.45) is 63.3. The predicted molar refractivity (Wildman–Crippen MR) is 335 cm³/mol. The van der Waals surface area contributed by atoms with Crippen LogP contribution < -0.4 is 5.32 Å². The highest BCUT2D eigenvalue weighted by atomic mass is 16.7. The fourth-order valence-corrected chi connectivity index (χ4v) is 10.8. The van der Waals surface area contributed by atoms with E-state index in [-0.39, 0.29) is 12.8 Å². The predicted octanol–water partition coefficient (Wildman–Crippen LogP) is 16.0. The quantitative estimate of drug-likeness (QED) is 0.0215. The van der Waals surface area contributed by atoms with Gasteiger partial charge in [-0.1, -0.05) is 274 Å². The van der Waals surface area contributed by atoms with Gasteiger partial charge in [-0.05, 0) is 89.9 Å². The summed E-state index contributed by atoms with van der Waals surface area (Å²) in [6.45, 7) is 3.47. The Morgan fingerprint density at radius 1 is 0.425 bits per heavy atom. The third-order valence-corrected chi connectivity index (χ3v) is 16.3. The number of hydrogen-bond acceptors (Lipinski definition) is 10. The van der Waals surface area contributed by atoms with Crippen LogP contribution in [0.2, 0.25) is 0 Å². The lowest BCUT2D eigenvalue weighted by molar-refractivity contribution is -0.303. The smallest absolute Gasteiger partial charge is 0.249 e. The van der Waals surface area contributed by atoms with E-state index in [1.807, 2.05) is 0 Å². The number of amides is 1. The van der Waals surface area contributed by atoms with Crippen LogP contribution in [0.5, 0.6) is 0 Å². The molecule has 1 saturated heterocycles. The Balaban J connectivity index is 2.24. The zero-order chi connectivity index (χ0) is 58.2. The van der Waals surface area contributed by atoms with E-state index in [0.29, 0.717) is 19.3 Å². The number of hydrogen-bond donors (Lipinski definition) is 8. The fraction of sp³-hybridized carbons (Fsp3) is 0.870. The van der Waals surface area contributed by atoms with Crippen molar-refractivity contribution in [2.75, 3.05) is 13.2 Å². The minimum atomic E-state index is -1.67. The average molecular weight is 1130 g/mol. The number of unbranched alkanes of at least 4 members (excludes halogenated alkanes) is 39. The molecule has 8 N–H and O–H groups in total. The largest absolute Gasteiger partial charge is 0.394 e. The molecule has 1 aliphatic rings. The minimum absolute atomic E-state index is 0.241. The standard InChI is InChI=1S/C69H129NO10/c1-3-5-7-9-11-13-15-17-19-21-23-25-27-28-29-30-31-32-33-35-37-39-41-43-45-47-49-51-53-55-57-62(73)68(78)70-60(59-79-69-67(77)66(76)65(75)63(58-71)80-69)64(74)61(72)56-54-52-50-48-46-44-42-40-38-36-34-26-24-22-20-18-16-14-12-10-8-6-4-2/h26,28-29,34,40,42,48,50,60-67,69,71-77H,3-25,27,30-33,35-39,41,43-47,49,51-59H2,1-2H3,(H,70,78)/b29-28-,34-26+,42-40+,50-48+. The van der Waals surface area contributed by atoms with Crippen molar-refractivity contribution in [3.05, 3.63) is 48.6 Å². The molecule has 0 aromatic rings. The SMILES string of the molecule is CCCCCCCCCCCC/C=C/CC/C=C/CC/C=C/CCCC(O)C(O)C(COC1OC(CO)C(O)C(O)C1O)NC(=O)C(O)CCCCCCCCCCCCCCCC/C=C\CCCCCCCCCCCCCC.